The minimum atomic E-state index is -0.319. The van der Waals surface area contributed by atoms with E-state index in [1.165, 1.54) is 7.05 Å². The summed E-state index contributed by atoms with van der Waals surface area (Å²) in [5, 5.41) is 0. The van der Waals surface area contributed by atoms with E-state index in [2.05, 4.69) is 6.58 Å². The van der Waals surface area contributed by atoms with Gasteiger partial charge in [-0.1, -0.05) is 26.2 Å². The van der Waals surface area contributed by atoms with Gasteiger partial charge >= 0.3 is 0 Å². The van der Waals surface area contributed by atoms with E-state index in [1.807, 2.05) is 6.92 Å². The predicted octanol–water partition coefficient (Wildman–Crippen LogP) is 1.68. The molecule has 0 radical (unpaired) electrons. The first-order valence-electron chi connectivity index (χ1n) is 3.94. The van der Waals surface area contributed by atoms with Crippen LogP contribution >= 0.6 is 0 Å². The van der Waals surface area contributed by atoms with Crippen molar-refractivity contribution in [3.05, 3.63) is 36.0 Å². The molecule has 0 bridgehead atoms. The van der Waals surface area contributed by atoms with Crippen LogP contribution in [0.25, 0.3) is 0 Å². The highest BCUT2D eigenvalue weighted by molar-refractivity contribution is 6.24. The number of imide groups is 1. The SMILES string of the molecule is C.C=C1C(=O)N(C)C(=O)/C1=C/C=C\C. The van der Waals surface area contributed by atoms with E-state index in [4.69, 9.17) is 0 Å². The first-order chi connectivity index (χ1) is 6.09. The Labute approximate surface area is 84.4 Å². The van der Waals surface area contributed by atoms with Crippen molar-refractivity contribution in [1.29, 1.82) is 0 Å². The molecule has 1 aliphatic heterocycles. The molecule has 0 N–H and O–H groups in total. The summed E-state index contributed by atoms with van der Waals surface area (Å²) >= 11 is 0. The summed E-state index contributed by atoms with van der Waals surface area (Å²) in [5.41, 5.74) is 0.649. The summed E-state index contributed by atoms with van der Waals surface area (Å²) in [6, 6.07) is 0. The average Bonchev–Trinajstić information content (AvgIpc) is 2.30. The zero-order valence-corrected chi connectivity index (χ0v) is 7.70. The molecule has 0 atom stereocenters. The van der Waals surface area contributed by atoms with E-state index in [0.29, 0.717) is 5.57 Å². The molecule has 1 heterocycles. The molecule has 3 nitrogen and oxygen atoms in total. The summed E-state index contributed by atoms with van der Waals surface area (Å²) in [5.74, 6) is -0.603. The Bertz CT molecular complexity index is 337. The van der Waals surface area contributed by atoms with Crippen LogP contribution in [-0.2, 0) is 9.59 Å². The van der Waals surface area contributed by atoms with Crippen molar-refractivity contribution in [2.45, 2.75) is 14.4 Å². The third kappa shape index (κ3) is 1.82. The first kappa shape index (κ1) is 12.4. The number of hydrogen-bond donors (Lipinski definition) is 0. The summed E-state index contributed by atoms with van der Waals surface area (Å²) in [7, 11) is 1.45. The smallest absolute Gasteiger partial charge is 0.261 e. The molecule has 0 aromatic carbocycles. The van der Waals surface area contributed by atoms with Gasteiger partial charge in [-0.15, -0.1) is 0 Å². The summed E-state index contributed by atoms with van der Waals surface area (Å²) in [4.78, 5) is 23.7. The van der Waals surface area contributed by atoms with Crippen molar-refractivity contribution in [1.82, 2.24) is 4.90 Å². The van der Waals surface area contributed by atoms with Gasteiger partial charge in [0.05, 0.1) is 5.57 Å². The second kappa shape index (κ2) is 4.56. The van der Waals surface area contributed by atoms with Gasteiger partial charge in [-0.2, -0.15) is 0 Å². The molecule has 0 aliphatic carbocycles. The fraction of sp³-hybridized carbons (Fsp3) is 0.273. The third-order valence-electron chi connectivity index (χ3n) is 1.88. The lowest BCUT2D eigenvalue weighted by Crippen LogP contribution is -2.24. The van der Waals surface area contributed by atoms with Gasteiger partial charge in [0.1, 0.15) is 0 Å². The highest BCUT2D eigenvalue weighted by atomic mass is 16.2. The number of allylic oxidation sites excluding steroid dienone is 3. The van der Waals surface area contributed by atoms with Crippen LogP contribution in [0.3, 0.4) is 0 Å². The molecular formula is C11H15NO2. The zero-order chi connectivity index (χ0) is 10.0. The quantitative estimate of drug-likeness (QED) is 0.469. The predicted molar refractivity (Wildman–Crippen MR) is 56.5 cm³/mol. The lowest BCUT2D eigenvalue weighted by molar-refractivity contribution is -0.134. The Hall–Kier alpha value is -1.64. The van der Waals surface area contributed by atoms with Crippen molar-refractivity contribution < 1.29 is 9.59 Å². The molecular weight excluding hydrogens is 178 g/mol. The number of nitrogens with zero attached hydrogens (tertiary/aromatic N) is 1. The summed E-state index contributed by atoms with van der Waals surface area (Å²) in [6.45, 7) is 5.39. The van der Waals surface area contributed by atoms with Crippen molar-refractivity contribution in [3.63, 3.8) is 0 Å². The van der Waals surface area contributed by atoms with Crippen LogP contribution in [0.4, 0.5) is 0 Å². The monoisotopic (exact) mass is 193 g/mol. The molecule has 0 unspecified atom stereocenters. The molecule has 0 saturated carbocycles. The molecule has 0 spiro atoms. The number of likely N-dealkylation sites (N-methyl/N-ethyl adjacent to an activating group) is 1. The fourth-order valence-corrected chi connectivity index (χ4v) is 1.08. The Morgan fingerprint density at radius 3 is 2.21 bits per heavy atom. The molecule has 76 valence electrons. The second-order valence-electron chi connectivity index (χ2n) is 2.75. The van der Waals surface area contributed by atoms with Crippen molar-refractivity contribution in [2.75, 3.05) is 7.05 Å². The molecule has 14 heavy (non-hydrogen) atoms. The normalized spacial score (nSPS) is 19.7. The summed E-state index contributed by atoms with van der Waals surface area (Å²) in [6.07, 6.45) is 5.10. The molecule has 0 aromatic rings. The number of amides is 2. The summed E-state index contributed by atoms with van der Waals surface area (Å²) < 4.78 is 0. The van der Waals surface area contributed by atoms with Crippen LogP contribution in [0, 0.1) is 0 Å². The Morgan fingerprint density at radius 1 is 1.29 bits per heavy atom. The van der Waals surface area contributed by atoms with E-state index in [1.54, 1.807) is 18.2 Å². The van der Waals surface area contributed by atoms with Crippen molar-refractivity contribution in [3.8, 4) is 0 Å². The van der Waals surface area contributed by atoms with Gasteiger partial charge in [-0.3, -0.25) is 14.5 Å². The van der Waals surface area contributed by atoms with Crippen molar-refractivity contribution in [2.24, 2.45) is 0 Å². The van der Waals surface area contributed by atoms with E-state index in [0.717, 1.165) is 4.90 Å². The first-order valence-corrected chi connectivity index (χ1v) is 3.94. The van der Waals surface area contributed by atoms with Gasteiger partial charge in [0, 0.05) is 12.6 Å². The van der Waals surface area contributed by atoms with Gasteiger partial charge in [-0.25, -0.2) is 0 Å². The largest absolute Gasteiger partial charge is 0.277 e. The third-order valence-corrected chi connectivity index (χ3v) is 1.88. The molecule has 3 heteroatoms. The van der Waals surface area contributed by atoms with E-state index in [9.17, 15) is 9.59 Å². The highest BCUT2D eigenvalue weighted by Crippen LogP contribution is 2.21. The van der Waals surface area contributed by atoms with E-state index >= 15 is 0 Å². The molecule has 2 amide bonds. The number of likely N-dealkylation sites (tertiary alicyclic amines) is 1. The number of hydrogen-bond acceptors (Lipinski definition) is 2. The number of rotatable bonds is 1. The Kier molecular flexibility index (Phi) is 4.02. The van der Waals surface area contributed by atoms with Crippen LogP contribution in [0.15, 0.2) is 36.0 Å². The average molecular weight is 193 g/mol. The maximum Gasteiger partial charge on any atom is 0.261 e. The lowest BCUT2D eigenvalue weighted by Gasteiger charge is -2.01. The van der Waals surface area contributed by atoms with Gasteiger partial charge < -0.3 is 0 Å². The Balaban J connectivity index is 0.00000169. The minimum Gasteiger partial charge on any atom is -0.277 e. The highest BCUT2D eigenvalue weighted by Gasteiger charge is 2.33. The minimum absolute atomic E-state index is 0. The lowest BCUT2D eigenvalue weighted by atomic mass is 10.1. The van der Waals surface area contributed by atoms with E-state index < -0.39 is 0 Å². The van der Waals surface area contributed by atoms with Crippen LogP contribution < -0.4 is 0 Å². The maximum absolute atomic E-state index is 11.4. The zero-order valence-electron chi connectivity index (χ0n) is 7.70. The van der Waals surface area contributed by atoms with Crippen LogP contribution in [0.2, 0.25) is 0 Å². The maximum atomic E-state index is 11.4. The molecule has 1 aliphatic rings. The molecule has 1 rings (SSSR count). The molecule has 1 saturated heterocycles. The van der Waals surface area contributed by atoms with Gasteiger partial charge in [0.25, 0.3) is 11.8 Å². The molecule has 0 aromatic heterocycles. The number of carbonyl (C=O) groups excluding carboxylic acids is 2. The number of carbonyl (C=O) groups is 2. The van der Waals surface area contributed by atoms with Crippen LogP contribution in [-0.4, -0.2) is 23.8 Å². The van der Waals surface area contributed by atoms with Gasteiger partial charge in [0.15, 0.2) is 0 Å². The molecule has 1 fully saturated rings. The van der Waals surface area contributed by atoms with Crippen LogP contribution in [0.1, 0.15) is 14.4 Å². The van der Waals surface area contributed by atoms with E-state index in [-0.39, 0.29) is 24.8 Å². The standard InChI is InChI=1S/C10H11NO2.CH4/c1-4-5-6-8-7(2)9(12)11(3)10(8)13;/h4-6H,2H2,1,3H3;1H4/b5-4-,8-6+;. The fourth-order valence-electron chi connectivity index (χ4n) is 1.08. The Morgan fingerprint density at radius 2 is 1.86 bits per heavy atom. The van der Waals surface area contributed by atoms with Crippen LogP contribution in [0.5, 0.6) is 0 Å². The second-order valence-corrected chi connectivity index (χ2v) is 2.75. The van der Waals surface area contributed by atoms with Crippen molar-refractivity contribution >= 4 is 11.8 Å². The topological polar surface area (TPSA) is 37.4 Å². The van der Waals surface area contributed by atoms with Gasteiger partial charge in [0.2, 0.25) is 0 Å². The van der Waals surface area contributed by atoms with Gasteiger partial charge in [-0.05, 0) is 13.0 Å².